The molecule has 4 nitrogen and oxygen atoms in total. The van der Waals surface area contributed by atoms with Gasteiger partial charge in [0.05, 0.1) is 6.04 Å². The molecule has 23 heavy (non-hydrogen) atoms. The second-order valence-electron chi connectivity index (χ2n) is 5.77. The van der Waals surface area contributed by atoms with E-state index in [1.54, 1.807) is 0 Å². The van der Waals surface area contributed by atoms with Crippen LogP contribution in [0, 0.1) is 0 Å². The molecule has 0 bridgehead atoms. The minimum atomic E-state index is 0. The van der Waals surface area contributed by atoms with Crippen LogP contribution in [0.25, 0.3) is 0 Å². The molecule has 0 radical (unpaired) electrons. The third-order valence-corrected chi connectivity index (χ3v) is 4.17. The van der Waals surface area contributed by atoms with Crippen LogP contribution in [-0.2, 0) is 0 Å². The van der Waals surface area contributed by atoms with Crippen LogP contribution >= 0.6 is 35.6 Å². The summed E-state index contributed by atoms with van der Waals surface area (Å²) in [5.74, 6) is 0.856. The van der Waals surface area contributed by atoms with Crippen molar-refractivity contribution < 1.29 is 0 Å². The van der Waals surface area contributed by atoms with Crippen LogP contribution in [0.1, 0.15) is 24.4 Å². The Morgan fingerprint density at radius 1 is 1.26 bits per heavy atom. The normalized spacial score (nSPS) is 16.3. The van der Waals surface area contributed by atoms with E-state index in [0.717, 1.165) is 30.4 Å². The van der Waals surface area contributed by atoms with Crippen molar-refractivity contribution in [3.05, 3.63) is 47.0 Å². The number of likely N-dealkylation sites (N-methyl/N-ethyl adjacent to an activating group) is 1. The molecule has 2 rings (SSSR count). The Morgan fingerprint density at radius 2 is 1.87 bits per heavy atom. The quantitative estimate of drug-likeness (QED) is 0.314. The molecule has 1 aromatic carbocycles. The molecule has 0 aliphatic heterocycles. The van der Waals surface area contributed by atoms with Gasteiger partial charge in [-0.15, -0.1) is 24.0 Å². The van der Waals surface area contributed by atoms with Crippen LogP contribution < -0.4 is 10.6 Å². The molecule has 1 atom stereocenters. The largest absolute Gasteiger partial charge is 0.354 e. The molecule has 128 valence electrons. The summed E-state index contributed by atoms with van der Waals surface area (Å²) >= 11 is 5.98. The van der Waals surface area contributed by atoms with Crippen LogP contribution in [-0.4, -0.2) is 44.6 Å². The summed E-state index contributed by atoms with van der Waals surface area (Å²) in [6.45, 7) is 0.786. The average Bonchev–Trinajstić information content (AvgIpc) is 3.00. The van der Waals surface area contributed by atoms with Gasteiger partial charge < -0.3 is 15.5 Å². The summed E-state index contributed by atoms with van der Waals surface area (Å²) in [4.78, 5) is 6.51. The Bertz CT molecular complexity index is 520. The Balaban J connectivity index is 0.00000264. The number of nitrogens with zero attached hydrogens (tertiary/aromatic N) is 2. The van der Waals surface area contributed by atoms with E-state index in [4.69, 9.17) is 11.6 Å². The van der Waals surface area contributed by atoms with Crippen molar-refractivity contribution in [1.82, 2.24) is 15.5 Å². The summed E-state index contributed by atoms with van der Waals surface area (Å²) in [7, 11) is 5.97. The molecule has 6 heteroatoms. The number of rotatable bonds is 5. The molecule has 0 saturated carbocycles. The van der Waals surface area contributed by atoms with Crippen LogP contribution in [0.4, 0.5) is 0 Å². The predicted octanol–water partition coefficient (Wildman–Crippen LogP) is 3.44. The fourth-order valence-electron chi connectivity index (χ4n) is 2.60. The lowest BCUT2D eigenvalue weighted by Gasteiger charge is -2.26. The van der Waals surface area contributed by atoms with E-state index in [1.807, 2.05) is 19.2 Å². The number of nitrogens with one attached hydrogen (secondary N) is 2. The average molecular weight is 449 g/mol. The molecule has 0 spiro atoms. The fourth-order valence-corrected chi connectivity index (χ4v) is 2.73. The second kappa shape index (κ2) is 10.2. The number of aliphatic imine (C=N–C) groups is 1. The van der Waals surface area contributed by atoms with Crippen molar-refractivity contribution in [2.75, 3.05) is 27.7 Å². The van der Waals surface area contributed by atoms with Crippen LogP contribution in [0.5, 0.6) is 0 Å². The van der Waals surface area contributed by atoms with E-state index >= 15 is 0 Å². The van der Waals surface area contributed by atoms with Gasteiger partial charge in [0.2, 0.25) is 0 Å². The molecule has 0 amide bonds. The smallest absolute Gasteiger partial charge is 0.191 e. The SMILES string of the molecule is CN=C(NCC(c1ccc(Cl)cc1)N(C)C)NC1CC=CC1.I. The van der Waals surface area contributed by atoms with E-state index in [1.165, 1.54) is 5.56 Å². The highest BCUT2D eigenvalue weighted by Crippen LogP contribution is 2.19. The summed E-state index contributed by atoms with van der Waals surface area (Å²) in [5, 5.41) is 7.65. The summed E-state index contributed by atoms with van der Waals surface area (Å²) < 4.78 is 0. The summed E-state index contributed by atoms with van der Waals surface area (Å²) in [6, 6.07) is 8.74. The van der Waals surface area contributed by atoms with Gasteiger partial charge >= 0.3 is 0 Å². The van der Waals surface area contributed by atoms with Gasteiger partial charge in [-0.05, 0) is 44.6 Å². The van der Waals surface area contributed by atoms with Gasteiger partial charge in [0.15, 0.2) is 5.96 Å². The Kier molecular flexibility index (Phi) is 8.94. The van der Waals surface area contributed by atoms with Crippen molar-refractivity contribution in [2.24, 2.45) is 4.99 Å². The molecule has 1 aromatic rings. The zero-order valence-electron chi connectivity index (χ0n) is 13.9. The Hall–Kier alpha value is -0.790. The lowest BCUT2D eigenvalue weighted by molar-refractivity contribution is 0.298. The maximum atomic E-state index is 5.98. The third kappa shape index (κ3) is 6.31. The standard InChI is InChI=1S/C17H25ClN4.HI/c1-19-17(21-15-6-4-5-7-15)20-12-16(22(2)3)13-8-10-14(18)11-9-13;/h4-5,8-11,15-16H,6-7,12H2,1-3H3,(H2,19,20,21);1H. The van der Waals surface area contributed by atoms with E-state index in [0.29, 0.717) is 6.04 Å². The first kappa shape index (κ1) is 20.3. The third-order valence-electron chi connectivity index (χ3n) is 3.91. The summed E-state index contributed by atoms with van der Waals surface area (Å²) in [5.41, 5.74) is 1.24. The van der Waals surface area contributed by atoms with Gasteiger partial charge in [0.1, 0.15) is 0 Å². The lowest BCUT2D eigenvalue weighted by Crippen LogP contribution is -2.45. The molecule has 0 heterocycles. The number of benzene rings is 1. The van der Waals surface area contributed by atoms with E-state index in [9.17, 15) is 0 Å². The van der Waals surface area contributed by atoms with Gasteiger partial charge in [0.25, 0.3) is 0 Å². The van der Waals surface area contributed by atoms with Crippen molar-refractivity contribution >= 4 is 41.5 Å². The second-order valence-corrected chi connectivity index (χ2v) is 6.20. The Morgan fingerprint density at radius 3 is 2.39 bits per heavy atom. The van der Waals surface area contributed by atoms with Gasteiger partial charge in [-0.3, -0.25) is 4.99 Å². The molecule has 1 unspecified atom stereocenters. The number of hydrogen-bond donors (Lipinski definition) is 2. The zero-order valence-corrected chi connectivity index (χ0v) is 17.0. The minimum absolute atomic E-state index is 0. The van der Waals surface area contributed by atoms with Crippen molar-refractivity contribution in [3.8, 4) is 0 Å². The van der Waals surface area contributed by atoms with Crippen molar-refractivity contribution in [3.63, 3.8) is 0 Å². The number of guanidine groups is 1. The van der Waals surface area contributed by atoms with Crippen LogP contribution in [0.2, 0.25) is 5.02 Å². The molecular formula is C17H26ClIN4. The summed E-state index contributed by atoms with van der Waals surface area (Å²) in [6.07, 6.45) is 6.55. The van der Waals surface area contributed by atoms with E-state index in [2.05, 4.69) is 58.9 Å². The zero-order chi connectivity index (χ0) is 15.9. The van der Waals surface area contributed by atoms with Gasteiger partial charge in [-0.1, -0.05) is 35.9 Å². The van der Waals surface area contributed by atoms with Crippen LogP contribution in [0.15, 0.2) is 41.4 Å². The molecule has 0 aromatic heterocycles. The van der Waals surface area contributed by atoms with E-state index in [-0.39, 0.29) is 30.0 Å². The van der Waals surface area contributed by atoms with Gasteiger partial charge in [-0.25, -0.2) is 0 Å². The monoisotopic (exact) mass is 448 g/mol. The number of hydrogen-bond acceptors (Lipinski definition) is 2. The molecule has 0 saturated heterocycles. The van der Waals surface area contributed by atoms with Gasteiger partial charge in [0, 0.05) is 24.7 Å². The first-order valence-electron chi connectivity index (χ1n) is 7.64. The van der Waals surface area contributed by atoms with Crippen molar-refractivity contribution in [1.29, 1.82) is 0 Å². The Labute approximate surface area is 161 Å². The highest BCUT2D eigenvalue weighted by atomic mass is 127. The predicted molar refractivity (Wildman–Crippen MR) is 110 cm³/mol. The maximum Gasteiger partial charge on any atom is 0.191 e. The fraction of sp³-hybridized carbons (Fsp3) is 0.471. The first-order valence-corrected chi connectivity index (χ1v) is 8.02. The molecular weight excluding hydrogens is 423 g/mol. The lowest BCUT2D eigenvalue weighted by atomic mass is 10.1. The highest BCUT2D eigenvalue weighted by molar-refractivity contribution is 14.0. The maximum absolute atomic E-state index is 5.98. The number of halogens is 2. The minimum Gasteiger partial charge on any atom is -0.354 e. The molecule has 1 aliphatic carbocycles. The molecule has 1 aliphatic rings. The topological polar surface area (TPSA) is 39.7 Å². The molecule has 2 N–H and O–H groups in total. The van der Waals surface area contributed by atoms with E-state index < -0.39 is 0 Å². The van der Waals surface area contributed by atoms with Crippen molar-refractivity contribution in [2.45, 2.75) is 24.9 Å². The highest BCUT2D eigenvalue weighted by Gasteiger charge is 2.16. The molecule has 0 fully saturated rings. The van der Waals surface area contributed by atoms with Gasteiger partial charge in [-0.2, -0.15) is 0 Å². The first-order chi connectivity index (χ1) is 10.6. The van der Waals surface area contributed by atoms with Crippen LogP contribution in [0.3, 0.4) is 0 Å².